The van der Waals surface area contributed by atoms with Crippen LogP contribution in [0.15, 0.2) is 36.5 Å². The molecular weight excluding hydrogens is 373 g/mol. The third-order valence-electron chi connectivity index (χ3n) is 3.39. The van der Waals surface area contributed by atoms with Gasteiger partial charge >= 0.3 is 6.18 Å². The van der Waals surface area contributed by atoms with E-state index in [-0.39, 0.29) is 19.2 Å². The first-order valence-corrected chi connectivity index (χ1v) is 7.91. The van der Waals surface area contributed by atoms with Crippen molar-refractivity contribution in [1.82, 2.24) is 18.9 Å². The quantitative estimate of drug-likeness (QED) is 0.627. The number of nitrogens with zero attached hydrogens (tertiary/aromatic N) is 2. The molecule has 0 saturated heterocycles. The van der Waals surface area contributed by atoms with E-state index < -0.39 is 12.8 Å². The molecule has 3 rings (SSSR count). The summed E-state index contributed by atoms with van der Waals surface area (Å²) in [5.41, 5.74) is 3.33. The van der Waals surface area contributed by atoms with E-state index in [4.69, 9.17) is 4.74 Å². The van der Waals surface area contributed by atoms with E-state index in [2.05, 4.69) is 14.8 Å². The van der Waals surface area contributed by atoms with Crippen LogP contribution >= 0.6 is 25.6 Å². The Labute approximate surface area is 153 Å². The number of nitrogens with one attached hydrogen (secondary N) is 2. The normalized spacial score (nSPS) is 11.5. The molecule has 0 aliphatic rings. The van der Waals surface area contributed by atoms with Gasteiger partial charge < -0.3 is 4.74 Å². The number of rotatable bonds is 6. The van der Waals surface area contributed by atoms with Crippen molar-refractivity contribution in [3.63, 3.8) is 0 Å². The molecule has 5 nitrogen and oxygen atoms in total. The average Bonchev–Trinajstić information content (AvgIpc) is 2.51. The number of hydrogen-bond donors (Lipinski definition) is 2. The molecule has 136 valence electrons. The Bertz CT molecular complexity index is 832. The van der Waals surface area contributed by atoms with Crippen molar-refractivity contribution in [3.05, 3.63) is 47.8 Å². The van der Waals surface area contributed by atoms with Crippen LogP contribution < -0.4 is 9.46 Å². The fourth-order valence-corrected chi connectivity index (χ4v) is 2.88. The molecule has 0 bridgehead atoms. The molecule has 0 spiro atoms. The Hall–Kier alpha value is -1.78. The minimum atomic E-state index is -4.36. The molecule has 2 N–H and O–H groups in total. The summed E-state index contributed by atoms with van der Waals surface area (Å²) in [5.74, 6) is 0.191. The molecule has 2 aromatic heterocycles. The van der Waals surface area contributed by atoms with Gasteiger partial charge in [0.15, 0.2) is 6.61 Å². The molecule has 3 aromatic rings. The lowest BCUT2D eigenvalue weighted by molar-refractivity contribution is -0.153. The Balaban J connectivity index is 0.00000225. The van der Waals surface area contributed by atoms with Gasteiger partial charge in [-0.1, -0.05) is 12.1 Å². The largest absolute Gasteiger partial charge is 0.484 e. The molecule has 0 fully saturated rings. The second-order valence-corrected chi connectivity index (χ2v) is 5.96. The summed E-state index contributed by atoms with van der Waals surface area (Å²) < 4.78 is 46.6. The Morgan fingerprint density at radius 1 is 1.28 bits per heavy atom. The number of hydrogen-bond acceptors (Lipinski definition) is 4. The zero-order chi connectivity index (χ0) is 17.2. The zero-order valence-electron chi connectivity index (χ0n) is 13.2. The van der Waals surface area contributed by atoms with E-state index >= 15 is 0 Å². The van der Waals surface area contributed by atoms with Crippen LogP contribution in [-0.4, -0.2) is 27.0 Å². The molecule has 0 unspecified atom stereocenters. The van der Waals surface area contributed by atoms with Crippen LogP contribution in [0.25, 0.3) is 11.0 Å². The summed E-state index contributed by atoms with van der Waals surface area (Å²) in [6, 6.07) is 9.28. The SMILES string of the molecule is Cc1c(OCC(F)(F)F)ccnc1CNSn1[nH]c2ccccc21.S. The lowest BCUT2D eigenvalue weighted by Gasteiger charge is -2.16. The van der Waals surface area contributed by atoms with Gasteiger partial charge in [0.05, 0.1) is 35.4 Å². The van der Waals surface area contributed by atoms with Crippen molar-refractivity contribution >= 4 is 36.7 Å². The minimum absolute atomic E-state index is 0. The summed E-state index contributed by atoms with van der Waals surface area (Å²) in [6.07, 6.45) is -2.92. The third kappa shape index (κ3) is 4.86. The zero-order valence-corrected chi connectivity index (χ0v) is 15.0. The standard InChI is InChI=1S/C15H15F3N4OS.H2S/c1-10-12(19-7-6-14(10)23-9-15(16,17)18)8-20-24-22-13-5-3-2-4-11(13)21-22;/h2-7,20-21H,8-9H2,1H3;1H2. The van der Waals surface area contributed by atoms with Crippen LogP contribution in [0.3, 0.4) is 0 Å². The number of benzene rings is 1. The maximum Gasteiger partial charge on any atom is 0.422 e. The fourth-order valence-electron chi connectivity index (χ4n) is 2.15. The van der Waals surface area contributed by atoms with Crippen LogP contribution in [0.2, 0.25) is 0 Å². The van der Waals surface area contributed by atoms with Gasteiger partial charge in [-0.25, -0.2) is 8.81 Å². The van der Waals surface area contributed by atoms with Crippen LogP contribution in [0.5, 0.6) is 5.75 Å². The molecule has 0 aliphatic carbocycles. The van der Waals surface area contributed by atoms with Crippen LogP contribution in [-0.2, 0) is 6.54 Å². The van der Waals surface area contributed by atoms with Gasteiger partial charge in [0.25, 0.3) is 0 Å². The van der Waals surface area contributed by atoms with Crippen molar-refractivity contribution in [3.8, 4) is 5.75 Å². The van der Waals surface area contributed by atoms with E-state index in [0.717, 1.165) is 11.0 Å². The summed E-state index contributed by atoms with van der Waals surface area (Å²) in [4.78, 5) is 4.19. The number of para-hydroxylation sites is 2. The maximum absolute atomic E-state index is 12.3. The highest BCUT2D eigenvalue weighted by molar-refractivity contribution is 7.96. The maximum atomic E-state index is 12.3. The first-order valence-electron chi connectivity index (χ1n) is 7.14. The van der Waals surface area contributed by atoms with Gasteiger partial charge in [0.2, 0.25) is 0 Å². The van der Waals surface area contributed by atoms with Crippen molar-refractivity contribution in [1.29, 1.82) is 0 Å². The number of fused-ring (bicyclic) bond motifs is 1. The Kier molecular flexibility index (Phi) is 6.31. The first kappa shape index (κ1) is 19.5. The number of alkyl halides is 3. The molecule has 0 radical (unpaired) electrons. The van der Waals surface area contributed by atoms with Gasteiger partial charge in [-0.05, 0) is 25.1 Å². The molecule has 10 heteroatoms. The molecular formula is C15H17F3N4OS2. The Morgan fingerprint density at radius 3 is 2.76 bits per heavy atom. The number of aromatic amines is 1. The predicted octanol–water partition coefficient (Wildman–Crippen LogP) is 3.93. The molecule has 0 aliphatic heterocycles. The highest BCUT2D eigenvalue weighted by Crippen LogP contribution is 2.24. The number of ether oxygens (including phenoxy) is 1. The van der Waals surface area contributed by atoms with Crippen LogP contribution in [0.4, 0.5) is 13.2 Å². The lowest BCUT2D eigenvalue weighted by atomic mass is 10.2. The van der Waals surface area contributed by atoms with Crippen molar-refractivity contribution in [2.75, 3.05) is 6.61 Å². The lowest BCUT2D eigenvalue weighted by Crippen LogP contribution is -2.20. The molecule has 25 heavy (non-hydrogen) atoms. The Morgan fingerprint density at radius 2 is 2.04 bits per heavy atom. The smallest absolute Gasteiger partial charge is 0.422 e. The highest BCUT2D eigenvalue weighted by Gasteiger charge is 2.28. The van der Waals surface area contributed by atoms with Gasteiger partial charge in [0, 0.05) is 11.8 Å². The molecule has 0 atom stereocenters. The summed E-state index contributed by atoms with van der Waals surface area (Å²) in [6.45, 7) is 0.769. The fraction of sp³-hybridized carbons (Fsp3) is 0.267. The monoisotopic (exact) mass is 390 g/mol. The van der Waals surface area contributed by atoms with Gasteiger partial charge in [-0.3, -0.25) is 10.1 Å². The van der Waals surface area contributed by atoms with E-state index in [0.29, 0.717) is 17.8 Å². The van der Waals surface area contributed by atoms with Gasteiger partial charge in [-0.2, -0.15) is 26.7 Å². The number of aromatic nitrogens is 3. The third-order valence-corrected chi connectivity index (χ3v) is 4.13. The summed E-state index contributed by atoms with van der Waals surface area (Å²) in [7, 11) is 0. The summed E-state index contributed by atoms with van der Waals surface area (Å²) in [5, 5.41) is 3.14. The predicted molar refractivity (Wildman–Crippen MR) is 97.0 cm³/mol. The highest BCUT2D eigenvalue weighted by atomic mass is 32.2. The van der Waals surface area contributed by atoms with Gasteiger partial charge in [-0.15, -0.1) is 0 Å². The van der Waals surface area contributed by atoms with E-state index in [1.54, 1.807) is 6.92 Å². The molecule has 0 amide bonds. The summed E-state index contributed by atoms with van der Waals surface area (Å²) >= 11 is 1.34. The van der Waals surface area contributed by atoms with Crippen LogP contribution in [0, 0.1) is 6.92 Å². The van der Waals surface area contributed by atoms with Crippen molar-refractivity contribution < 1.29 is 17.9 Å². The molecule has 1 aromatic carbocycles. The second kappa shape index (κ2) is 8.07. The van der Waals surface area contributed by atoms with Gasteiger partial charge in [0.1, 0.15) is 5.75 Å². The molecule has 0 saturated carbocycles. The number of H-pyrrole nitrogens is 1. The average molecular weight is 390 g/mol. The first-order chi connectivity index (χ1) is 11.4. The van der Waals surface area contributed by atoms with Crippen molar-refractivity contribution in [2.45, 2.75) is 19.6 Å². The van der Waals surface area contributed by atoms with Crippen LogP contribution in [0.1, 0.15) is 11.3 Å². The topological polar surface area (TPSA) is 54.9 Å². The molecule has 2 heterocycles. The van der Waals surface area contributed by atoms with Crippen molar-refractivity contribution in [2.24, 2.45) is 0 Å². The number of halogens is 3. The minimum Gasteiger partial charge on any atom is -0.484 e. The van der Waals surface area contributed by atoms with E-state index in [9.17, 15) is 13.2 Å². The van der Waals surface area contributed by atoms with E-state index in [1.165, 1.54) is 24.4 Å². The second-order valence-electron chi connectivity index (χ2n) is 5.12. The van der Waals surface area contributed by atoms with E-state index in [1.807, 2.05) is 28.4 Å². The number of pyridine rings is 1.